The topological polar surface area (TPSA) is 83.5 Å². The fraction of sp³-hybridized carbons (Fsp3) is 0.864. The maximum atomic E-state index is 13.9. The molecule has 0 aromatic rings. The predicted molar refractivity (Wildman–Crippen MR) is 108 cm³/mol. The molecule has 1 aliphatic rings. The molecule has 7 heteroatoms. The average molecular weight is 418 g/mol. The van der Waals surface area contributed by atoms with Crippen LogP contribution in [-0.4, -0.2) is 41.2 Å². The number of carbonyl (C=O) groups excluding carboxylic acids is 3. The van der Waals surface area contributed by atoms with Gasteiger partial charge in [0.15, 0.2) is 0 Å². The summed E-state index contributed by atoms with van der Waals surface area (Å²) in [5.74, 6) is -5.16. The Hall–Kier alpha value is -1.37. The molecular formula is C22H37F2NO4. The van der Waals surface area contributed by atoms with E-state index in [0.717, 1.165) is 25.7 Å². The first-order chi connectivity index (χ1) is 13.7. The molecule has 168 valence electrons. The van der Waals surface area contributed by atoms with Crippen molar-refractivity contribution in [1.29, 1.82) is 0 Å². The average Bonchev–Trinajstić information content (AvgIpc) is 2.93. The molecule has 0 aliphatic heterocycles. The second kappa shape index (κ2) is 13.0. The largest absolute Gasteiger partial charge is 0.392 e. The maximum absolute atomic E-state index is 13.9. The van der Waals surface area contributed by atoms with Crippen molar-refractivity contribution in [3.8, 4) is 0 Å². The van der Waals surface area contributed by atoms with Crippen LogP contribution in [0.15, 0.2) is 0 Å². The van der Waals surface area contributed by atoms with Crippen LogP contribution in [0.4, 0.5) is 8.78 Å². The summed E-state index contributed by atoms with van der Waals surface area (Å²) in [5.41, 5.74) is 0. The number of hydrogen-bond donors (Lipinski definition) is 2. The second-order valence-corrected chi connectivity index (χ2v) is 8.18. The van der Waals surface area contributed by atoms with Crippen molar-refractivity contribution in [2.24, 2.45) is 11.8 Å². The fourth-order valence-electron chi connectivity index (χ4n) is 4.09. The molecule has 0 unspecified atom stereocenters. The van der Waals surface area contributed by atoms with Gasteiger partial charge >= 0.3 is 5.92 Å². The van der Waals surface area contributed by atoms with Gasteiger partial charge in [-0.05, 0) is 38.5 Å². The summed E-state index contributed by atoms with van der Waals surface area (Å²) in [7, 11) is 0. The summed E-state index contributed by atoms with van der Waals surface area (Å²) in [6.07, 6.45) is 3.93. The summed E-state index contributed by atoms with van der Waals surface area (Å²) in [6, 6.07) is 0. The number of amides is 1. The molecule has 0 saturated heterocycles. The van der Waals surface area contributed by atoms with E-state index in [1.54, 1.807) is 6.92 Å². The van der Waals surface area contributed by atoms with E-state index >= 15 is 0 Å². The summed E-state index contributed by atoms with van der Waals surface area (Å²) in [4.78, 5) is 35.5. The molecule has 3 atom stereocenters. The molecule has 1 amide bonds. The first kappa shape index (κ1) is 25.7. The third-order valence-corrected chi connectivity index (χ3v) is 5.83. The van der Waals surface area contributed by atoms with E-state index in [9.17, 15) is 28.3 Å². The number of Topliss-reactive ketones (excluding diaryl/α,β-unsaturated/α-hetero) is 2. The Kier molecular flexibility index (Phi) is 11.5. The van der Waals surface area contributed by atoms with Crippen LogP contribution in [0, 0.1) is 11.8 Å². The molecule has 1 fully saturated rings. The van der Waals surface area contributed by atoms with Crippen LogP contribution in [0.5, 0.6) is 0 Å². The highest BCUT2D eigenvalue weighted by atomic mass is 19.3. The van der Waals surface area contributed by atoms with Crippen molar-refractivity contribution in [2.75, 3.05) is 6.54 Å². The molecule has 0 radical (unpaired) electrons. The highest BCUT2D eigenvalue weighted by Gasteiger charge is 2.43. The van der Waals surface area contributed by atoms with Gasteiger partial charge in [0.2, 0.25) is 11.7 Å². The van der Waals surface area contributed by atoms with Crippen molar-refractivity contribution >= 4 is 17.5 Å². The molecule has 0 aromatic carbocycles. The molecule has 0 aromatic heterocycles. The zero-order valence-electron chi connectivity index (χ0n) is 17.9. The number of unbranched alkanes of at least 4 members (excludes halogenated alkanes) is 4. The van der Waals surface area contributed by atoms with Crippen molar-refractivity contribution in [3.05, 3.63) is 0 Å². The molecule has 29 heavy (non-hydrogen) atoms. The Morgan fingerprint density at radius 2 is 1.76 bits per heavy atom. The van der Waals surface area contributed by atoms with Gasteiger partial charge in [0.1, 0.15) is 5.78 Å². The van der Waals surface area contributed by atoms with Gasteiger partial charge in [-0.1, -0.05) is 32.6 Å². The number of halogens is 2. The van der Waals surface area contributed by atoms with Crippen LogP contribution in [-0.2, 0) is 14.4 Å². The van der Waals surface area contributed by atoms with E-state index in [1.807, 2.05) is 6.92 Å². The number of rotatable bonds is 15. The molecule has 1 aliphatic carbocycles. The van der Waals surface area contributed by atoms with Crippen molar-refractivity contribution in [3.63, 3.8) is 0 Å². The lowest BCUT2D eigenvalue weighted by Gasteiger charge is -2.22. The molecule has 0 spiro atoms. The normalized spacial score (nSPS) is 22.1. The van der Waals surface area contributed by atoms with Gasteiger partial charge in [-0.3, -0.25) is 14.4 Å². The molecular weight excluding hydrogens is 380 g/mol. The summed E-state index contributed by atoms with van der Waals surface area (Å²) in [5, 5.41) is 12.9. The Morgan fingerprint density at radius 3 is 2.41 bits per heavy atom. The minimum absolute atomic E-state index is 0.0324. The van der Waals surface area contributed by atoms with Crippen LogP contribution in [0.1, 0.15) is 90.9 Å². The Bertz CT molecular complexity index is 539. The number of alkyl halides is 2. The third-order valence-electron chi connectivity index (χ3n) is 5.83. The van der Waals surface area contributed by atoms with Gasteiger partial charge in [-0.2, -0.15) is 8.78 Å². The quantitative estimate of drug-likeness (QED) is 0.391. The summed E-state index contributed by atoms with van der Waals surface area (Å²) in [6.45, 7) is 4.30. The van der Waals surface area contributed by atoms with E-state index in [4.69, 9.17) is 0 Å². The molecule has 5 nitrogen and oxygen atoms in total. The van der Waals surface area contributed by atoms with E-state index < -0.39 is 30.1 Å². The van der Waals surface area contributed by atoms with Crippen molar-refractivity contribution in [1.82, 2.24) is 5.32 Å². The molecule has 0 bridgehead atoms. The lowest BCUT2D eigenvalue weighted by atomic mass is 9.85. The summed E-state index contributed by atoms with van der Waals surface area (Å²) >= 11 is 0. The fourth-order valence-corrected chi connectivity index (χ4v) is 4.09. The molecule has 2 N–H and O–H groups in total. The first-order valence-electron chi connectivity index (χ1n) is 11.1. The lowest BCUT2D eigenvalue weighted by Crippen LogP contribution is -2.30. The zero-order chi connectivity index (χ0) is 21.9. The third kappa shape index (κ3) is 8.89. The van der Waals surface area contributed by atoms with Gasteiger partial charge in [0.25, 0.3) is 0 Å². The van der Waals surface area contributed by atoms with Gasteiger partial charge in [-0.15, -0.1) is 0 Å². The van der Waals surface area contributed by atoms with Crippen LogP contribution in [0.3, 0.4) is 0 Å². The number of nitrogens with one attached hydrogen (secondary N) is 1. The Morgan fingerprint density at radius 1 is 1.07 bits per heavy atom. The monoisotopic (exact) mass is 417 g/mol. The van der Waals surface area contributed by atoms with E-state index in [0.29, 0.717) is 32.2 Å². The highest BCUT2D eigenvalue weighted by molar-refractivity contribution is 5.86. The predicted octanol–water partition coefficient (Wildman–Crippen LogP) is 4.20. The van der Waals surface area contributed by atoms with Crippen LogP contribution in [0.25, 0.3) is 0 Å². The lowest BCUT2D eigenvalue weighted by molar-refractivity contribution is -0.144. The zero-order valence-corrected chi connectivity index (χ0v) is 17.9. The SMILES string of the molecule is CCCCC(F)(F)C(=O)CC[C@@H]1[C@H](O)CC(=O)[C@@H]1CCCCCCC(=O)NCC. The second-order valence-electron chi connectivity index (χ2n) is 8.18. The number of aliphatic hydroxyl groups excluding tert-OH is 1. The van der Waals surface area contributed by atoms with Gasteiger partial charge in [-0.25, -0.2) is 0 Å². The molecule has 0 heterocycles. The number of ketones is 2. The Balaban J connectivity index is 2.40. The van der Waals surface area contributed by atoms with Gasteiger partial charge < -0.3 is 10.4 Å². The number of hydrogen-bond acceptors (Lipinski definition) is 4. The van der Waals surface area contributed by atoms with Crippen LogP contribution < -0.4 is 5.32 Å². The molecule has 1 rings (SSSR count). The van der Waals surface area contributed by atoms with E-state index in [1.165, 1.54) is 0 Å². The standard InChI is InChI=1S/C22H37F2NO4/c1-3-5-14-22(23,24)20(28)13-12-17-16(18(26)15-19(17)27)10-8-6-7-9-11-21(29)25-4-2/h16-17,19,27H,3-15H2,1-2H3,(H,25,29)/t16-,17+,19-/m1/s1. The molecule has 1 saturated carbocycles. The minimum Gasteiger partial charge on any atom is -0.392 e. The van der Waals surface area contributed by atoms with E-state index in [2.05, 4.69) is 5.32 Å². The van der Waals surface area contributed by atoms with Crippen molar-refractivity contribution in [2.45, 2.75) is 103 Å². The van der Waals surface area contributed by atoms with Gasteiger partial charge in [0, 0.05) is 38.1 Å². The Labute approximate surface area is 173 Å². The number of carbonyl (C=O) groups is 3. The van der Waals surface area contributed by atoms with Gasteiger partial charge in [0.05, 0.1) is 6.10 Å². The van der Waals surface area contributed by atoms with E-state index in [-0.39, 0.29) is 36.9 Å². The maximum Gasteiger partial charge on any atom is 0.305 e. The first-order valence-corrected chi connectivity index (χ1v) is 11.1. The summed E-state index contributed by atoms with van der Waals surface area (Å²) < 4.78 is 27.7. The van der Waals surface area contributed by atoms with Crippen molar-refractivity contribution < 1.29 is 28.3 Å². The smallest absolute Gasteiger partial charge is 0.305 e. The minimum atomic E-state index is -3.32. The highest BCUT2D eigenvalue weighted by Crippen LogP contribution is 2.37. The van der Waals surface area contributed by atoms with Crippen LogP contribution in [0.2, 0.25) is 0 Å². The number of aliphatic hydroxyl groups is 1. The van der Waals surface area contributed by atoms with Crippen LogP contribution >= 0.6 is 0 Å².